The first-order chi connectivity index (χ1) is 7.80. The van der Waals surface area contributed by atoms with Gasteiger partial charge in [-0.1, -0.05) is 38.8 Å². The molecule has 0 heterocycles. The van der Waals surface area contributed by atoms with Gasteiger partial charge < -0.3 is 5.11 Å². The van der Waals surface area contributed by atoms with Crippen molar-refractivity contribution in [2.24, 2.45) is 5.92 Å². The van der Waals surface area contributed by atoms with Crippen molar-refractivity contribution in [2.45, 2.75) is 44.6 Å². The van der Waals surface area contributed by atoms with Crippen molar-refractivity contribution >= 4 is 11.8 Å². The van der Waals surface area contributed by atoms with Gasteiger partial charge in [0, 0.05) is 10.6 Å². The van der Waals surface area contributed by atoms with E-state index in [0.29, 0.717) is 0 Å². The first kappa shape index (κ1) is 13.6. The zero-order chi connectivity index (χ0) is 11.8. The highest BCUT2D eigenvalue weighted by atomic mass is 32.2. The molecule has 0 aliphatic carbocycles. The summed E-state index contributed by atoms with van der Waals surface area (Å²) < 4.78 is 0. The van der Waals surface area contributed by atoms with Crippen LogP contribution in [0.25, 0.3) is 0 Å². The van der Waals surface area contributed by atoms with Gasteiger partial charge in [-0.25, -0.2) is 0 Å². The molecule has 0 fully saturated rings. The van der Waals surface area contributed by atoms with E-state index in [2.05, 4.69) is 26.0 Å². The molecule has 1 aromatic rings. The fourth-order valence-corrected chi connectivity index (χ4v) is 2.88. The standard InChI is InChI=1S/C14H22OS/c1-3-5-12(4-2)11-16-14-8-6-13(10-15)7-9-14/h6-9,12,15H,3-5,10-11H2,1-2H3. The molecule has 1 unspecified atom stereocenters. The number of aliphatic hydroxyl groups excluding tert-OH is 1. The molecular formula is C14H22OS. The number of benzene rings is 1. The van der Waals surface area contributed by atoms with Crippen LogP contribution in [0.3, 0.4) is 0 Å². The lowest BCUT2D eigenvalue weighted by Crippen LogP contribution is -2.01. The van der Waals surface area contributed by atoms with E-state index in [4.69, 9.17) is 5.11 Å². The molecule has 1 aromatic carbocycles. The molecule has 0 saturated carbocycles. The molecule has 1 nitrogen and oxygen atoms in total. The minimum atomic E-state index is 0.137. The second-order valence-electron chi connectivity index (χ2n) is 4.18. The Labute approximate surface area is 103 Å². The topological polar surface area (TPSA) is 20.2 Å². The fourth-order valence-electron chi connectivity index (χ4n) is 1.72. The Hall–Kier alpha value is -0.470. The average Bonchev–Trinajstić information content (AvgIpc) is 2.35. The number of aliphatic hydroxyl groups is 1. The lowest BCUT2D eigenvalue weighted by molar-refractivity contribution is 0.282. The summed E-state index contributed by atoms with van der Waals surface area (Å²) in [6, 6.07) is 8.22. The molecule has 0 radical (unpaired) electrons. The van der Waals surface area contributed by atoms with E-state index >= 15 is 0 Å². The van der Waals surface area contributed by atoms with Gasteiger partial charge in [0.1, 0.15) is 0 Å². The zero-order valence-electron chi connectivity index (χ0n) is 10.3. The molecule has 0 aliphatic rings. The lowest BCUT2D eigenvalue weighted by Gasteiger charge is -2.13. The summed E-state index contributed by atoms with van der Waals surface area (Å²) >= 11 is 1.93. The van der Waals surface area contributed by atoms with Crippen LogP contribution in [0.15, 0.2) is 29.2 Å². The third-order valence-electron chi connectivity index (χ3n) is 2.87. The van der Waals surface area contributed by atoms with Crippen molar-refractivity contribution in [3.05, 3.63) is 29.8 Å². The number of hydrogen-bond acceptors (Lipinski definition) is 2. The Morgan fingerprint density at radius 1 is 1.19 bits per heavy atom. The lowest BCUT2D eigenvalue weighted by atomic mass is 10.0. The van der Waals surface area contributed by atoms with E-state index in [0.717, 1.165) is 11.5 Å². The van der Waals surface area contributed by atoms with Crippen molar-refractivity contribution in [3.63, 3.8) is 0 Å². The van der Waals surface area contributed by atoms with Gasteiger partial charge in [-0.3, -0.25) is 0 Å². The van der Waals surface area contributed by atoms with Crippen LogP contribution in [0.5, 0.6) is 0 Å². The Balaban J connectivity index is 2.40. The molecule has 0 aromatic heterocycles. The van der Waals surface area contributed by atoms with Crippen LogP contribution in [0.2, 0.25) is 0 Å². The van der Waals surface area contributed by atoms with E-state index in [-0.39, 0.29) is 6.61 Å². The normalized spacial score (nSPS) is 12.7. The van der Waals surface area contributed by atoms with E-state index in [1.54, 1.807) is 0 Å². The third-order valence-corrected chi connectivity index (χ3v) is 4.11. The van der Waals surface area contributed by atoms with Crippen molar-refractivity contribution in [2.75, 3.05) is 5.75 Å². The van der Waals surface area contributed by atoms with E-state index in [1.165, 1.54) is 29.9 Å². The van der Waals surface area contributed by atoms with Crippen LogP contribution in [-0.4, -0.2) is 10.9 Å². The second kappa shape index (κ2) is 7.75. The van der Waals surface area contributed by atoms with Gasteiger partial charge in [-0.15, -0.1) is 11.8 Å². The summed E-state index contributed by atoms with van der Waals surface area (Å²) in [6.45, 7) is 4.66. The van der Waals surface area contributed by atoms with Crippen LogP contribution in [-0.2, 0) is 6.61 Å². The molecule has 0 amide bonds. The maximum absolute atomic E-state index is 8.95. The van der Waals surface area contributed by atoms with Crippen molar-refractivity contribution in [3.8, 4) is 0 Å². The van der Waals surface area contributed by atoms with Gasteiger partial charge in [-0.2, -0.15) is 0 Å². The third kappa shape index (κ3) is 4.58. The van der Waals surface area contributed by atoms with Crippen molar-refractivity contribution in [1.82, 2.24) is 0 Å². The zero-order valence-corrected chi connectivity index (χ0v) is 11.1. The van der Waals surface area contributed by atoms with Crippen LogP contribution < -0.4 is 0 Å². The molecule has 1 atom stereocenters. The summed E-state index contributed by atoms with van der Waals surface area (Å²) in [4.78, 5) is 1.31. The minimum Gasteiger partial charge on any atom is -0.392 e. The molecule has 0 spiro atoms. The molecule has 16 heavy (non-hydrogen) atoms. The molecule has 2 heteroatoms. The van der Waals surface area contributed by atoms with Gasteiger partial charge in [0.25, 0.3) is 0 Å². The smallest absolute Gasteiger partial charge is 0.0681 e. The first-order valence-corrected chi connectivity index (χ1v) is 7.11. The van der Waals surface area contributed by atoms with E-state index in [1.807, 2.05) is 23.9 Å². The molecule has 90 valence electrons. The maximum Gasteiger partial charge on any atom is 0.0681 e. The van der Waals surface area contributed by atoms with Crippen LogP contribution in [0.4, 0.5) is 0 Å². The molecular weight excluding hydrogens is 216 g/mol. The highest BCUT2D eigenvalue weighted by molar-refractivity contribution is 7.99. The second-order valence-corrected chi connectivity index (χ2v) is 5.27. The highest BCUT2D eigenvalue weighted by Gasteiger charge is 2.05. The first-order valence-electron chi connectivity index (χ1n) is 6.12. The molecule has 0 saturated heterocycles. The Bertz CT molecular complexity index is 281. The fraction of sp³-hybridized carbons (Fsp3) is 0.571. The Morgan fingerprint density at radius 3 is 2.38 bits per heavy atom. The monoisotopic (exact) mass is 238 g/mol. The van der Waals surface area contributed by atoms with Gasteiger partial charge in [0.15, 0.2) is 0 Å². The molecule has 0 aliphatic heterocycles. The number of hydrogen-bond donors (Lipinski definition) is 1. The predicted octanol–water partition coefficient (Wildman–Crippen LogP) is 4.10. The minimum absolute atomic E-state index is 0.137. The van der Waals surface area contributed by atoms with E-state index < -0.39 is 0 Å². The van der Waals surface area contributed by atoms with Crippen LogP contribution in [0.1, 0.15) is 38.7 Å². The summed E-state index contributed by atoms with van der Waals surface area (Å²) in [7, 11) is 0. The van der Waals surface area contributed by atoms with Gasteiger partial charge in [0.2, 0.25) is 0 Å². The SMILES string of the molecule is CCCC(CC)CSc1ccc(CO)cc1. The van der Waals surface area contributed by atoms with Crippen molar-refractivity contribution in [1.29, 1.82) is 0 Å². The quantitative estimate of drug-likeness (QED) is 0.722. The highest BCUT2D eigenvalue weighted by Crippen LogP contribution is 2.24. The van der Waals surface area contributed by atoms with Crippen LogP contribution >= 0.6 is 11.8 Å². The van der Waals surface area contributed by atoms with E-state index in [9.17, 15) is 0 Å². The Kier molecular flexibility index (Phi) is 6.58. The largest absolute Gasteiger partial charge is 0.392 e. The van der Waals surface area contributed by atoms with Crippen LogP contribution in [0, 0.1) is 5.92 Å². The summed E-state index contributed by atoms with van der Waals surface area (Å²) in [5.41, 5.74) is 0.991. The van der Waals surface area contributed by atoms with Gasteiger partial charge >= 0.3 is 0 Å². The summed E-state index contributed by atoms with van der Waals surface area (Å²) in [6.07, 6.45) is 3.89. The molecule has 0 bridgehead atoms. The summed E-state index contributed by atoms with van der Waals surface area (Å²) in [5.74, 6) is 2.05. The molecule has 1 rings (SSSR count). The summed E-state index contributed by atoms with van der Waals surface area (Å²) in [5, 5.41) is 8.95. The Morgan fingerprint density at radius 2 is 1.88 bits per heavy atom. The molecule has 1 N–H and O–H groups in total. The van der Waals surface area contributed by atoms with Crippen molar-refractivity contribution < 1.29 is 5.11 Å². The number of rotatable bonds is 7. The van der Waals surface area contributed by atoms with Gasteiger partial charge in [-0.05, 0) is 30.0 Å². The number of thioether (sulfide) groups is 1. The predicted molar refractivity (Wildman–Crippen MR) is 71.8 cm³/mol. The maximum atomic E-state index is 8.95. The van der Waals surface area contributed by atoms with Gasteiger partial charge in [0.05, 0.1) is 6.61 Å². The average molecular weight is 238 g/mol.